The van der Waals surface area contributed by atoms with Crippen molar-refractivity contribution in [3.63, 3.8) is 0 Å². The lowest BCUT2D eigenvalue weighted by atomic mass is 9.93. The van der Waals surface area contributed by atoms with Crippen molar-refractivity contribution in [1.82, 2.24) is 4.90 Å². The van der Waals surface area contributed by atoms with Gasteiger partial charge in [0.25, 0.3) is 0 Å². The Morgan fingerprint density at radius 3 is 2.94 bits per heavy atom. The van der Waals surface area contributed by atoms with Crippen molar-refractivity contribution in [3.8, 4) is 5.75 Å². The molecule has 1 saturated heterocycles. The fourth-order valence-electron chi connectivity index (χ4n) is 2.64. The number of rotatable bonds is 1. The van der Waals surface area contributed by atoms with Gasteiger partial charge in [-0.1, -0.05) is 0 Å². The van der Waals surface area contributed by atoms with E-state index in [9.17, 15) is 9.59 Å². The number of Topliss-reactive ketones (excluding diaryl/α,β-unsaturated/α-hetero) is 1. The number of benzene rings is 1. The van der Waals surface area contributed by atoms with Gasteiger partial charge in [-0.2, -0.15) is 0 Å². The number of hydrogen-bond acceptors (Lipinski definition) is 3. The van der Waals surface area contributed by atoms with Crippen LogP contribution in [-0.4, -0.2) is 29.7 Å². The number of carbonyl (C=O) groups is 2. The van der Waals surface area contributed by atoms with Crippen LogP contribution in [0.2, 0.25) is 0 Å². The van der Waals surface area contributed by atoms with Crippen LogP contribution in [0, 0.1) is 0 Å². The average molecular weight is 231 g/mol. The van der Waals surface area contributed by atoms with E-state index in [2.05, 4.69) is 0 Å². The molecule has 3 rings (SSSR count). The first-order chi connectivity index (χ1) is 8.20. The molecule has 1 aromatic carbocycles. The van der Waals surface area contributed by atoms with Crippen LogP contribution in [0.3, 0.4) is 0 Å². The first-order valence-electron chi connectivity index (χ1n) is 5.71. The lowest BCUT2D eigenvalue weighted by Crippen LogP contribution is -2.42. The molecule has 2 heterocycles. The van der Waals surface area contributed by atoms with Crippen LogP contribution in [0.25, 0.3) is 0 Å². The SMILES string of the molecule is COc1ccc2c(c1)CN1C(=O)CC[C@@H]1C2=O. The smallest absolute Gasteiger partial charge is 0.223 e. The normalized spacial score (nSPS) is 22.4. The molecule has 2 aliphatic rings. The summed E-state index contributed by atoms with van der Waals surface area (Å²) in [7, 11) is 1.59. The lowest BCUT2D eigenvalue weighted by molar-refractivity contribution is -0.129. The molecule has 1 aromatic rings. The van der Waals surface area contributed by atoms with Crippen LogP contribution in [0.5, 0.6) is 5.75 Å². The number of carbonyl (C=O) groups excluding carboxylic acids is 2. The minimum atomic E-state index is -0.233. The zero-order valence-corrected chi connectivity index (χ0v) is 9.60. The van der Waals surface area contributed by atoms with Crippen molar-refractivity contribution >= 4 is 11.7 Å². The topological polar surface area (TPSA) is 46.6 Å². The number of methoxy groups -OCH3 is 1. The predicted molar refractivity (Wildman–Crippen MR) is 60.9 cm³/mol. The second kappa shape index (κ2) is 3.58. The summed E-state index contributed by atoms with van der Waals surface area (Å²) < 4.78 is 5.14. The highest BCUT2D eigenvalue weighted by Crippen LogP contribution is 2.32. The van der Waals surface area contributed by atoms with Crippen molar-refractivity contribution in [3.05, 3.63) is 29.3 Å². The highest BCUT2D eigenvalue weighted by Gasteiger charge is 2.40. The maximum Gasteiger partial charge on any atom is 0.223 e. The van der Waals surface area contributed by atoms with Gasteiger partial charge in [-0.15, -0.1) is 0 Å². The molecular formula is C13H13NO3. The van der Waals surface area contributed by atoms with Gasteiger partial charge in [0.15, 0.2) is 5.78 Å². The largest absolute Gasteiger partial charge is 0.497 e. The number of nitrogens with zero attached hydrogens (tertiary/aromatic N) is 1. The summed E-state index contributed by atoms with van der Waals surface area (Å²) in [5.74, 6) is 0.873. The molecule has 0 spiro atoms. The van der Waals surface area contributed by atoms with Crippen molar-refractivity contribution in [2.24, 2.45) is 0 Å². The molecule has 88 valence electrons. The molecule has 0 N–H and O–H groups in total. The molecule has 4 heteroatoms. The molecule has 4 nitrogen and oxygen atoms in total. The van der Waals surface area contributed by atoms with Gasteiger partial charge in [-0.3, -0.25) is 9.59 Å². The molecular weight excluding hydrogens is 218 g/mol. The minimum absolute atomic E-state index is 0.0692. The predicted octanol–water partition coefficient (Wildman–Crippen LogP) is 1.38. The number of ketones is 1. The standard InChI is InChI=1S/C13H13NO3/c1-17-9-2-3-10-8(6-9)7-14-11(13(10)16)4-5-12(14)15/h2-3,6,11H,4-5,7H2,1H3/t11-/m1/s1. The minimum Gasteiger partial charge on any atom is -0.497 e. The Labute approximate surface area is 99.2 Å². The van der Waals surface area contributed by atoms with Crippen LogP contribution in [0.15, 0.2) is 18.2 Å². The maximum absolute atomic E-state index is 12.2. The Balaban J connectivity index is 2.06. The van der Waals surface area contributed by atoms with Crippen molar-refractivity contribution < 1.29 is 14.3 Å². The van der Waals surface area contributed by atoms with E-state index < -0.39 is 0 Å². The van der Waals surface area contributed by atoms with E-state index in [0.717, 1.165) is 16.9 Å². The summed E-state index contributed by atoms with van der Waals surface area (Å²) in [6, 6.07) is 5.21. The number of ether oxygens (including phenoxy) is 1. The second-order valence-electron chi connectivity index (χ2n) is 4.46. The van der Waals surface area contributed by atoms with Crippen LogP contribution < -0.4 is 4.74 Å². The molecule has 0 unspecified atom stereocenters. The Hall–Kier alpha value is -1.84. The summed E-state index contributed by atoms with van der Waals surface area (Å²) in [6.45, 7) is 0.530. The highest BCUT2D eigenvalue weighted by atomic mass is 16.5. The van der Waals surface area contributed by atoms with Gasteiger partial charge in [0.2, 0.25) is 5.91 Å². The van der Waals surface area contributed by atoms with E-state index in [4.69, 9.17) is 4.74 Å². The van der Waals surface area contributed by atoms with E-state index in [1.807, 2.05) is 6.07 Å². The van der Waals surface area contributed by atoms with Gasteiger partial charge in [0.05, 0.1) is 13.2 Å². The zero-order valence-electron chi connectivity index (χ0n) is 9.60. The Kier molecular flexibility index (Phi) is 2.18. The van der Waals surface area contributed by atoms with Gasteiger partial charge >= 0.3 is 0 Å². The molecule has 0 saturated carbocycles. The van der Waals surface area contributed by atoms with Gasteiger partial charge in [0, 0.05) is 18.5 Å². The van der Waals surface area contributed by atoms with Crippen molar-refractivity contribution in [1.29, 1.82) is 0 Å². The van der Waals surface area contributed by atoms with Gasteiger partial charge in [-0.25, -0.2) is 0 Å². The summed E-state index contributed by atoms with van der Waals surface area (Å²) >= 11 is 0. The first-order valence-corrected chi connectivity index (χ1v) is 5.71. The van der Waals surface area contributed by atoms with Crippen molar-refractivity contribution in [2.45, 2.75) is 25.4 Å². The van der Waals surface area contributed by atoms with E-state index in [1.165, 1.54) is 0 Å². The van der Waals surface area contributed by atoms with Crippen LogP contribution in [0.1, 0.15) is 28.8 Å². The summed E-state index contributed by atoms with van der Waals surface area (Å²) in [4.78, 5) is 25.6. The highest BCUT2D eigenvalue weighted by molar-refractivity contribution is 6.05. The fourth-order valence-corrected chi connectivity index (χ4v) is 2.64. The third-order valence-electron chi connectivity index (χ3n) is 3.55. The first kappa shape index (κ1) is 10.3. The molecule has 1 fully saturated rings. The maximum atomic E-state index is 12.2. The molecule has 0 aliphatic carbocycles. The Bertz CT molecular complexity index is 509. The second-order valence-corrected chi connectivity index (χ2v) is 4.46. The molecule has 0 radical (unpaired) electrons. The Morgan fingerprint density at radius 1 is 1.35 bits per heavy atom. The van der Waals surface area contributed by atoms with Crippen LogP contribution in [0.4, 0.5) is 0 Å². The summed E-state index contributed by atoms with van der Waals surface area (Å²) in [5.41, 5.74) is 1.63. The number of fused-ring (bicyclic) bond motifs is 2. The molecule has 17 heavy (non-hydrogen) atoms. The molecule has 0 bridgehead atoms. The molecule has 0 aromatic heterocycles. The van der Waals surface area contributed by atoms with Crippen LogP contribution in [-0.2, 0) is 11.3 Å². The van der Waals surface area contributed by atoms with Crippen molar-refractivity contribution in [2.75, 3.05) is 7.11 Å². The van der Waals surface area contributed by atoms with Crippen LogP contribution >= 0.6 is 0 Å². The van der Waals surface area contributed by atoms with Gasteiger partial charge in [-0.05, 0) is 30.2 Å². The van der Waals surface area contributed by atoms with E-state index in [0.29, 0.717) is 19.4 Å². The molecule has 1 amide bonds. The number of hydrogen-bond donors (Lipinski definition) is 0. The van der Waals surface area contributed by atoms with E-state index >= 15 is 0 Å². The third-order valence-corrected chi connectivity index (χ3v) is 3.55. The molecule has 2 aliphatic heterocycles. The fraction of sp³-hybridized carbons (Fsp3) is 0.385. The number of amides is 1. The van der Waals surface area contributed by atoms with Gasteiger partial charge in [0.1, 0.15) is 5.75 Å². The van der Waals surface area contributed by atoms with E-state index in [1.54, 1.807) is 24.1 Å². The quantitative estimate of drug-likeness (QED) is 0.733. The lowest BCUT2D eigenvalue weighted by Gasteiger charge is -2.30. The average Bonchev–Trinajstić information content (AvgIpc) is 2.71. The Morgan fingerprint density at radius 2 is 2.18 bits per heavy atom. The monoisotopic (exact) mass is 231 g/mol. The van der Waals surface area contributed by atoms with Gasteiger partial charge < -0.3 is 9.64 Å². The third kappa shape index (κ3) is 1.44. The molecule has 1 atom stereocenters. The zero-order chi connectivity index (χ0) is 12.0. The summed E-state index contributed by atoms with van der Waals surface area (Å²) in [6.07, 6.45) is 1.14. The van der Waals surface area contributed by atoms with E-state index in [-0.39, 0.29) is 17.7 Å². The summed E-state index contributed by atoms with van der Waals surface area (Å²) in [5, 5.41) is 0.